The fourth-order valence-electron chi connectivity index (χ4n) is 4.27. The van der Waals surface area contributed by atoms with Crippen molar-refractivity contribution in [2.24, 2.45) is 10.4 Å². The summed E-state index contributed by atoms with van der Waals surface area (Å²) in [6, 6.07) is 0.644. The van der Waals surface area contributed by atoms with Crippen molar-refractivity contribution in [3.05, 3.63) is 0 Å². The van der Waals surface area contributed by atoms with Gasteiger partial charge < -0.3 is 15.0 Å². The molecular weight excluding hydrogens is 403 g/mol. The van der Waals surface area contributed by atoms with Gasteiger partial charge in [0.1, 0.15) is 0 Å². The van der Waals surface area contributed by atoms with Gasteiger partial charge in [-0.05, 0) is 45.2 Å². The van der Waals surface area contributed by atoms with E-state index in [1.54, 1.807) is 0 Å². The Balaban J connectivity index is 0.00000192. The third kappa shape index (κ3) is 4.51. The summed E-state index contributed by atoms with van der Waals surface area (Å²) < 4.78 is 5.63. The van der Waals surface area contributed by atoms with Crippen molar-refractivity contribution in [3.63, 3.8) is 0 Å². The number of guanidine groups is 1. The van der Waals surface area contributed by atoms with Crippen LogP contribution in [0.1, 0.15) is 39.0 Å². The lowest BCUT2D eigenvalue weighted by Crippen LogP contribution is -2.47. The molecule has 5 nitrogen and oxygen atoms in total. The molecule has 2 atom stereocenters. The van der Waals surface area contributed by atoms with E-state index >= 15 is 0 Å². The Morgan fingerprint density at radius 3 is 2.65 bits per heavy atom. The maximum atomic E-state index is 5.63. The van der Waals surface area contributed by atoms with Crippen LogP contribution in [0.25, 0.3) is 0 Å². The predicted octanol–water partition coefficient (Wildman–Crippen LogP) is 2.17. The summed E-state index contributed by atoms with van der Waals surface area (Å²) in [5, 5.41) is 3.64. The average Bonchev–Trinajstić information content (AvgIpc) is 3.28. The third-order valence-corrected chi connectivity index (χ3v) is 5.76. The predicted molar refractivity (Wildman–Crippen MR) is 106 cm³/mol. The molecule has 23 heavy (non-hydrogen) atoms. The van der Waals surface area contributed by atoms with E-state index in [0.29, 0.717) is 11.5 Å². The van der Waals surface area contributed by atoms with Crippen LogP contribution in [0, 0.1) is 5.41 Å². The van der Waals surface area contributed by atoms with Crippen LogP contribution in [0.15, 0.2) is 4.99 Å². The van der Waals surface area contributed by atoms with E-state index in [1.807, 2.05) is 7.05 Å². The number of hydrogen-bond donors (Lipinski definition) is 1. The molecule has 3 aliphatic rings. The second-order valence-electron chi connectivity index (χ2n) is 7.21. The van der Waals surface area contributed by atoms with Gasteiger partial charge in [-0.1, -0.05) is 6.92 Å². The average molecular weight is 436 g/mol. The molecule has 2 unspecified atom stereocenters. The maximum Gasteiger partial charge on any atom is 0.193 e. The van der Waals surface area contributed by atoms with Crippen LogP contribution in [0.3, 0.4) is 0 Å². The molecule has 0 bridgehead atoms. The first kappa shape index (κ1) is 19.2. The largest absolute Gasteiger partial charge is 0.381 e. The molecule has 1 N–H and O–H groups in total. The van der Waals surface area contributed by atoms with Gasteiger partial charge in [0.05, 0.1) is 6.61 Å². The van der Waals surface area contributed by atoms with Crippen LogP contribution < -0.4 is 5.32 Å². The molecule has 0 radical (unpaired) electrons. The van der Waals surface area contributed by atoms with Crippen LogP contribution in [0.5, 0.6) is 0 Å². The summed E-state index contributed by atoms with van der Waals surface area (Å²) in [6.45, 7) is 9.94. The summed E-state index contributed by atoms with van der Waals surface area (Å²) in [6.07, 6.45) is 6.39. The standard InChI is InChI=1S/C17H32N4O.HI/c1-3-15(20-8-4-5-9-20)12-19-16(18-2)21-10-6-17(13-21)7-11-22-14-17;/h15H,3-14H2,1-2H3,(H,18,19);1H. The number of aliphatic imine (C=N–C) groups is 1. The van der Waals surface area contributed by atoms with Gasteiger partial charge in [0, 0.05) is 44.7 Å². The lowest BCUT2D eigenvalue weighted by molar-refractivity contribution is 0.156. The fraction of sp³-hybridized carbons (Fsp3) is 0.941. The van der Waals surface area contributed by atoms with E-state index in [2.05, 4.69) is 27.0 Å². The Morgan fingerprint density at radius 2 is 2.04 bits per heavy atom. The molecule has 3 fully saturated rings. The van der Waals surface area contributed by atoms with E-state index in [4.69, 9.17) is 4.74 Å². The van der Waals surface area contributed by atoms with Crippen molar-refractivity contribution >= 4 is 29.9 Å². The molecule has 3 heterocycles. The van der Waals surface area contributed by atoms with Gasteiger partial charge in [0.2, 0.25) is 0 Å². The van der Waals surface area contributed by atoms with Gasteiger partial charge in [-0.2, -0.15) is 0 Å². The Hall–Kier alpha value is -0.0800. The SMILES string of the molecule is CCC(CNC(=NC)N1CCC2(CCOC2)C1)N1CCCC1.I. The summed E-state index contributed by atoms with van der Waals surface area (Å²) in [7, 11) is 1.91. The molecule has 134 valence electrons. The van der Waals surface area contributed by atoms with Crippen molar-refractivity contribution < 1.29 is 4.74 Å². The van der Waals surface area contributed by atoms with Crippen molar-refractivity contribution in [3.8, 4) is 0 Å². The zero-order valence-electron chi connectivity index (χ0n) is 14.7. The Labute approximate surface area is 158 Å². The molecule has 1 spiro atoms. The second kappa shape index (κ2) is 8.85. The Kier molecular flexibility index (Phi) is 7.41. The van der Waals surface area contributed by atoms with Crippen molar-refractivity contribution in [1.82, 2.24) is 15.1 Å². The molecule has 0 aromatic rings. The molecular formula is C17H33IN4O. The molecule has 0 saturated carbocycles. The highest BCUT2D eigenvalue weighted by Gasteiger charge is 2.42. The Morgan fingerprint density at radius 1 is 1.26 bits per heavy atom. The van der Waals surface area contributed by atoms with Gasteiger partial charge in [-0.3, -0.25) is 9.89 Å². The van der Waals surface area contributed by atoms with Crippen molar-refractivity contribution in [2.75, 3.05) is 53.0 Å². The number of rotatable bonds is 4. The topological polar surface area (TPSA) is 40.1 Å². The molecule has 6 heteroatoms. The minimum Gasteiger partial charge on any atom is -0.381 e. The van der Waals surface area contributed by atoms with Crippen LogP contribution in [0.4, 0.5) is 0 Å². The summed E-state index contributed by atoms with van der Waals surface area (Å²) >= 11 is 0. The number of likely N-dealkylation sites (tertiary alicyclic amines) is 2. The van der Waals surface area contributed by atoms with Gasteiger partial charge in [0.25, 0.3) is 0 Å². The highest BCUT2D eigenvalue weighted by atomic mass is 127. The van der Waals surface area contributed by atoms with Crippen LogP contribution >= 0.6 is 24.0 Å². The van der Waals surface area contributed by atoms with Crippen LogP contribution in [-0.2, 0) is 4.74 Å². The van der Waals surface area contributed by atoms with Crippen LogP contribution in [0.2, 0.25) is 0 Å². The smallest absolute Gasteiger partial charge is 0.193 e. The molecule has 0 amide bonds. The van der Waals surface area contributed by atoms with Crippen molar-refractivity contribution in [1.29, 1.82) is 0 Å². The van der Waals surface area contributed by atoms with E-state index in [-0.39, 0.29) is 24.0 Å². The first-order valence-corrected chi connectivity index (χ1v) is 9.04. The minimum atomic E-state index is 0. The number of halogens is 1. The molecule has 0 aromatic heterocycles. The first-order valence-electron chi connectivity index (χ1n) is 9.04. The lowest BCUT2D eigenvalue weighted by atomic mass is 9.87. The number of hydrogen-bond acceptors (Lipinski definition) is 3. The van der Waals surface area contributed by atoms with Gasteiger partial charge in [-0.15, -0.1) is 24.0 Å². The maximum absolute atomic E-state index is 5.63. The zero-order chi connectivity index (χ0) is 15.4. The number of nitrogens with one attached hydrogen (secondary N) is 1. The Bertz CT molecular complexity index is 392. The minimum absolute atomic E-state index is 0. The van der Waals surface area contributed by atoms with Gasteiger partial charge in [-0.25, -0.2) is 0 Å². The van der Waals surface area contributed by atoms with E-state index < -0.39 is 0 Å². The quantitative estimate of drug-likeness (QED) is 0.417. The lowest BCUT2D eigenvalue weighted by Gasteiger charge is -2.30. The highest BCUT2D eigenvalue weighted by Crippen LogP contribution is 2.38. The van der Waals surface area contributed by atoms with E-state index in [9.17, 15) is 0 Å². The van der Waals surface area contributed by atoms with Gasteiger partial charge >= 0.3 is 0 Å². The molecule has 3 saturated heterocycles. The van der Waals surface area contributed by atoms with E-state index in [0.717, 1.165) is 38.8 Å². The van der Waals surface area contributed by atoms with E-state index in [1.165, 1.54) is 45.2 Å². The zero-order valence-corrected chi connectivity index (χ0v) is 17.1. The number of nitrogens with zero attached hydrogens (tertiary/aromatic N) is 3. The molecule has 0 aromatic carbocycles. The summed E-state index contributed by atoms with van der Waals surface area (Å²) in [4.78, 5) is 9.60. The fourth-order valence-corrected chi connectivity index (χ4v) is 4.27. The monoisotopic (exact) mass is 436 g/mol. The first-order chi connectivity index (χ1) is 10.8. The second-order valence-corrected chi connectivity index (χ2v) is 7.21. The van der Waals surface area contributed by atoms with Crippen molar-refractivity contribution in [2.45, 2.75) is 45.1 Å². The highest BCUT2D eigenvalue weighted by molar-refractivity contribution is 14.0. The molecule has 0 aliphatic carbocycles. The normalized spacial score (nSPS) is 30.0. The molecule has 3 rings (SSSR count). The van der Waals surface area contributed by atoms with Gasteiger partial charge in [0.15, 0.2) is 5.96 Å². The number of ether oxygens (including phenoxy) is 1. The van der Waals surface area contributed by atoms with Crippen LogP contribution in [-0.4, -0.2) is 74.8 Å². The summed E-state index contributed by atoms with van der Waals surface area (Å²) in [5.74, 6) is 1.08. The molecule has 3 aliphatic heterocycles. The third-order valence-electron chi connectivity index (χ3n) is 5.76. The summed E-state index contributed by atoms with van der Waals surface area (Å²) in [5.41, 5.74) is 0.400.